The molecule has 0 heterocycles. The van der Waals surface area contributed by atoms with E-state index in [4.69, 9.17) is 5.11 Å². The van der Waals surface area contributed by atoms with E-state index < -0.39 is 0 Å². The van der Waals surface area contributed by atoms with Crippen molar-refractivity contribution in [1.82, 2.24) is 5.32 Å². The fourth-order valence-electron chi connectivity index (χ4n) is 1.25. The van der Waals surface area contributed by atoms with Crippen LogP contribution in [0.4, 0.5) is 4.39 Å². The maximum Gasteiger partial charge on any atom is 0.126 e. The molecular formula is C11H16FNO. The molecule has 0 bridgehead atoms. The van der Waals surface area contributed by atoms with Gasteiger partial charge in [0.25, 0.3) is 0 Å². The number of aliphatic hydroxyl groups excluding tert-OH is 1. The van der Waals surface area contributed by atoms with Gasteiger partial charge >= 0.3 is 0 Å². The third-order valence-electron chi connectivity index (χ3n) is 2.04. The van der Waals surface area contributed by atoms with Crippen molar-refractivity contribution in [3.8, 4) is 0 Å². The quantitative estimate of drug-likeness (QED) is 0.674. The number of benzene rings is 1. The summed E-state index contributed by atoms with van der Waals surface area (Å²) in [6.45, 7) is 1.73. The topological polar surface area (TPSA) is 32.3 Å². The summed E-state index contributed by atoms with van der Waals surface area (Å²) in [5.74, 6) is -0.142. The summed E-state index contributed by atoms with van der Waals surface area (Å²) in [4.78, 5) is 0. The molecule has 0 atom stereocenters. The van der Waals surface area contributed by atoms with Crippen LogP contribution in [0.3, 0.4) is 0 Å². The van der Waals surface area contributed by atoms with E-state index in [1.165, 1.54) is 6.07 Å². The minimum absolute atomic E-state index is 0.142. The first kappa shape index (κ1) is 11.1. The Morgan fingerprint density at radius 1 is 1.21 bits per heavy atom. The standard InChI is InChI=1S/C11H16FNO/c12-11-5-2-1-4-10(11)6-8-13-7-3-9-14/h1-2,4-5,13-14H,3,6-9H2. The van der Waals surface area contributed by atoms with Crippen molar-refractivity contribution in [2.24, 2.45) is 0 Å². The first-order chi connectivity index (χ1) is 6.84. The molecule has 1 rings (SSSR count). The summed E-state index contributed by atoms with van der Waals surface area (Å²) < 4.78 is 13.1. The molecule has 0 spiro atoms. The van der Waals surface area contributed by atoms with Gasteiger partial charge in [0.1, 0.15) is 5.82 Å². The van der Waals surface area contributed by atoms with Gasteiger partial charge in [-0.25, -0.2) is 4.39 Å². The average molecular weight is 197 g/mol. The Balaban J connectivity index is 2.21. The number of rotatable bonds is 6. The summed E-state index contributed by atoms with van der Waals surface area (Å²) in [6.07, 6.45) is 1.44. The van der Waals surface area contributed by atoms with Crippen LogP contribution in [0.1, 0.15) is 12.0 Å². The highest BCUT2D eigenvalue weighted by Gasteiger charge is 1.98. The molecule has 2 N–H and O–H groups in total. The van der Waals surface area contributed by atoms with E-state index in [9.17, 15) is 4.39 Å². The van der Waals surface area contributed by atoms with E-state index in [0.29, 0.717) is 6.42 Å². The van der Waals surface area contributed by atoms with Gasteiger partial charge in [0.15, 0.2) is 0 Å². The molecule has 0 aliphatic carbocycles. The zero-order valence-corrected chi connectivity index (χ0v) is 8.17. The molecule has 2 nitrogen and oxygen atoms in total. The molecule has 14 heavy (non-hydrogen) atoms. The lowest BCUT2D eigenvalue weighted by Gasteiger charge is -2.04. The fourth-order valence-corrected chi connectivity index (χ4v) is 1.25. The van der Waals surface area contributed by atoms with Crippen LogP contribution in [0, 0.1) is 5.82 Å². The van der Waals surface area contributed by atoms with Gasteiger partial charge in [-0.2, -0.15) is 0 Å². The molecule has 0 aromatic heterocycles. The first-order valence-electron chi connectivity index (χ1n) is 4.89. The summed E-state index contributed by atoms with van der Waals surface area (Å²) in [5.41, 5.74) is 0.740. The van der Waals surface area contributed by atoms with E-state index in [1.54, 1.807) is 12.1 Å². The van der Waals surface area contributed by atoms with Gasteiger partial charge in [0.05, 0.1) is 0 Å². The predicted molar refractivity (Wildman–Crippen MR) is 54.7 cm³/mol. The Labute approximate surface area is 83.8 Å². The maximum atomic E-state index is 13.1. The van der Waals surface area contributed by atoms with Gasteiger partial charge in [-0.05, 0) is 37.6 Å². The van der Waals surface area contributed by atoms with E-state index in [0.717, 1.165) is 25.1 Å². The van der Waals surface area contributed by atoms with Gasteiger partial charge in [0, 0.05) is 6.61 Å². The predicted octanol–water partition coefficient (Wildman–Crippen LogP) is 1.34. The van der Waals surface area contributed by atoms with Crippen molar-refractivity contribution in [2.75, 3.05) is 19.7 Å². The molecule has 78 valence electrons. The first-order valence-corrected chi connectivity index (χ1v) is 4.89. The normalized spacial score (nSPS) is 10.4. The average Bonchev–Trinajstić information content (AvgIpc) is 2.20. The molecule has 0 unspecified atom stereocenters. The van der Waals surface area contributed by atoms with Crippen molar-refractivity contribution in [3.05, 3.63) is 35.6 Å². The van der Waals surface area contributed by atoms with Crippen LogP contribution in [0.5, 0.6) is 0 Å². The second kappa shape index (κ2) is 6.51. The number of hydrogen-bond acceptors (Lipinski definition) is 2. The molecule has 0 radical (unpaired) electrons. The number of hydrogen-bond donors (Lipinski definition) is 2. The molecule has 0 saturated carbocycles. The van der Waals surface area contributed by atoms with Crippen molar-refractivity contribution < 1.29 is 9.50 Å². The third-order valence-corrected chi connectivity index (χ3v) is 2.04. The Morgan fingerprint density at radius 3 is 2.71 bits per heavy atom. The highest BCUT2D eigenvalue weighted by Crippen LogP contribution is 2.05. The highest BCUT2D eigenvalue weighted by atomic mass is 19.1. The molecular weight excluding hydrogens is 181 g/mol. The highest BCUT2D eigenvalue weighted by molar-refractivity contribution is 5.17. The summed E-state index contributed by atoms with van der Waals surface area (Å²) in [6, 6.07) is 6.80. The van der Waals surface area contributed by atoms with Crippen LogP contribution in [0.2, 0.25) is 0 Å². The SMILES string of the molecule is OCCCNCCc1ccccc1F. The molecule has 3 heteroatoms. The Bertz CT molecular complexity index is 265. The van der Waals surface area contributed by atoms with Crippen molar-refractivity contribution >= 4 is 0 Å². The van der Waals surface area contributed by atoms with Crippen LogP contribution in [-0.4, -0.2) is 24.8 Å². The second-order valence-electron chi connectivity index (χ2n) is 3.17. The van der Waals surface area contributed by atoms with E-state index in [-0.39, 0.29) is 12.4 Å². The molecule has 0 saturated heterocycles. The number of halogens is 1. The van der Waals surface area contributed by atoms with E-state index >= 15 is 0 Å². The van der Waals surface area contributed by atoms with Gasteiger partial charge in [-0.1, -0.05) is 18.2 Å². The lowest BCUT2D eigenvalue weighted by Crippen LogP contribution is -2.19. The fraction of sp³-hybridized carbons (Fsp3) is 0.455. The Morgan fingerprint density at radius 2 is 2.00 bits per heavy atom. The number of nitrogens with one attached hydrogen (secondary N) is 1. The lowest BCUT2D eigenvalue weighted by molar-refractivity contribution is 0.286. The van der Waals surface area contributed by atoms with Crippen molar-refractivity contribution in [1.29, 1.82) is 0 Å². The van der Waals surface area contributed by atoms with Crippen LogP contribution in [0.25, 0.3) is 0 Å². The van der Waals surface area contributed by atoms with Crippen molar-refractivity contribution in [2.45, 2.75) is 12.8 Å². The largest absolute Gasteiger partial charge is 0.396 e. The van der Waals surface area contributed by atoms with Crippen LogP contribution in [0.15, 0.2) is 24.3 Å². The minimum atomic E-state index is -0.142. The smallest absolute Gasteiger partial charge is 0.126 e. The number of aliphatic hydroxyl groups is 1. The van der Waals surface area contributed by atoms with Crippen LogP contribution in [-0.2, 0) is 6.42 Å². The lowest BCUT2D eigenvalue weighted by atomic mass is 10.1. The molecule has 1 aromatic carbocycles. The molecule has 0 amide bonds. The van der Waals surface area contributed by atoms with Gasteiger partial charge in [-0.15, -0.1) is 0 Å². The molecule has 0 fully saturated rings. The Hall–Kier alpha value is -0.930. The molecule has 0 aliphatic heterocycles. The zero-order chi connectivity index (χ0) is 10.2. The molecule has 0 aliphatic rings. The van der Waals surface area contributed by atoms with Gasteiger partial charge in [-0.3, -0.25) is 0 Å². The van der Waals surface area contributed by atoms with Gasteiger partial charge < -0.3 is 10.4 Å². The summed E-state index contributed by atoms with van der Waals surface area (Å²) >= 11 is 0. The molecule has 1 aromatic rings. The zero-order valence-electron chi connectivity index (χ0n) is 8.17. The van der Waals surface area contributed by atoms with E-state index in [1.807, 2.05) is 6.07 Å². The van der Waals surface area contributed by atoms with Gasteiger partial charge in [0.2, 0.25) is 0 Å². The Kier molecular flexibility index (Phi) is 5.19. The monoisotopic (exact) mass is 197 g/mol. The maximum absolute atomic E-state index is 13.1. The van der Waals surface area contributed by atoms with Crippen LogP contribution < -0.4 is 5.32 Å². The van der Waals surface area contributed by atoms with Crippen molar-refractivity contribution in [3.63, 3.8) is 0 Å². The summed E-state index contributed by atoms with van der Waals surface area (Å²) in [5, 5.41) is 11.7. The summed E-state index contributed by atoms with van der Waals surface area (Å²) in [7, 11) is 0. The second-order valence-corrected chi connectivity index (χ2v) is 3.17. The van der Waals surface area contributed by atoms with E-state index in [2.05, 4.69) is 5.32 Å². The minimum Gasteiger partial charge on any atom is -0.396 e. The third kappa shape index (κ3) is 3.85. The van der Waals surface area contributed by atoms with Crippen LogP contribution >= 0.6 is 0 Å².